The minimum absolute atomic E-state index is 0. The van der Waals surface area contributed by atoms with Crippen molar-refractivity contribution < 1.29 is 9.13 Å². The standard InChI is InChI=1S/C15H19FN6O.HI/c16-13-3-1-2-12(8-13)10-22-11-19-14(20-22)9-18-15(17)21-4-6-23-7-5-21;/h1-3,8,11H,4-7,9-10H2,(H2,17,18);1H. The van der Waals surface area contributed by atoms with E-state index in [9.17, 15) is 4.39 Å². The Kier molecular flexibility index (Phi) is 6.91. The lowest BCUT2D eigenvalue weighted by Crippen LogP contribution is -2.44. The van der Waals surface area contributed by atoms with Crippen LogP contribution in [0, 0.1) is 5.82 Å². The molecule has 0 unspecified atom stereocenters. The Morgan fingerprint density at radius 1 is 1.33 bits per heavy atom. The molecule has 0 spiro atoms. The minimum Gasteiger partial charge on any atom is -0.378 e. The predicted octanol–water partition coefficient (Wildman–Crippen LogP) is 1.23. The lowest BCUT2D eigenvalue weighted by Gasteiger charge is -2.27. The molecule has 1 saturated heterocycles. The van der Waals surface area contributed by atoms with Gasteiger partial charge in [0, 0.05) is 13.1 Å². The van der Waals surface area contributed by atoms with E-state index in [4.69, 9.17) is 10.5 Å². The average Bonchev–Trinajstić information content (AvgIpc) is 3.01. The van der Waals surface area contributed by atoms with Crippen molar-refractivity contribution in [2.45, 2.75) is 13.1 Å². The zero-order valence-electron chi connectivity index (χ0n) is 13.1. The monoisotopic (exact) mass is 446 g/mol. The van der Waals surface area contributed by atoms with E-state index in [2.05, 4.69) is 15.1 Å². The number of benzene rings is 1. The topological polar surface area (TPSA) is 81.6 Å². The van der Waals surface area contributed by atoms with Gasteiger partial charge in [0.25, 0.3) is 0 Å². The zero-order valence-corrected chi connectivity index (χ0v) is 15.5. The second-order valence-corrected chi connectivity index (χ2v) is 5.26. The maximum atomic E-state index is 13.2. The summed E-state index contributed by atoms with van der Waals surface area (Å²) in [6, 6.07) is 6.42. The number of nitrogens with two attached hydrogens (primary N) is 1. The summed E-state index contributed by atoms with van der Waals surface area (Å²) < 4.78 is 20.1. The lowest BCUT2D eigenvalue weighted by molar-refractivity contribution is 0.0674. The number of aliphatic imine (C=N–C) groups is 1. The van der Waals surface area contributed by atoms with Gasteiger partial charge in [-0.2, -0.15) is 5.10 Å². The number of nitrogens with zero attached hydrogens (tertiary/aromatic N) is 5. The largest absolute Gasteiger partial charge is 0.378 e. The second kappa shape index (κ2) is 8.92. The van der Waals surface area contributed by atoms with Crippen molar-refractivity contribution in [2.75, 3.05) is 26.3 Å². The number of ether oxygens (including phenoxy) is 1. The molecule has 1 aromatic carbocycles. The molecule has 0 aliphatic carbocycles. The third kappa shape index (κ3) is 5.13. The van der Waals surface area contributed by atoms with Crippen LogP contribution in [-0.2, 0) is 17.8 Å². The van der Waals surface area contributed by atoms with Crippen molar-refractivity contribution >= 4 is 29.9 Å². The minimum atomic E-state index is -0.259. The Balaban J connectivity index is 0.00000208. The molecule has 3 rings (SSSR count). The smallest absolute Gasteiger partial charge is 0.191 e. The Hall–Kier alpha value is -1.75. The number of hydrogen-bond acceptors (Lipinski definition) is 4. The maximum absolute atomic E-state index is 13.2. The zero-order chi connectivity index (χ0) is 16.1. The highest BCUT2D eigenvalue weighted by atomic mass is 127. The van der Waals surface area contributed by atoms with Crippen LogP contribution >= 0.6 is 24.0 Å². The van der Waals surface area contributed by atoms with Gasteiger partial charge in [0.2, 0.25) is 0 Å². The fourth-order valence-corrected chi connectivity index (χ4v) is 2.35. The van der Waals surface area contributed by atoms with E-state index in [1.54, 1.807) is 17.1 Å². The first-order chi connectivity index (χ1) is 11.2. The molecule has 2 aromatic rings. The molecule has 0 atom stereocenters. The molecular weight excluding hydrogens is 426 g/mol. The summed E-state index contributed by atoms with van der Waals surface area (Å²) >= 11 is 0. The molecule has 7 nitrogen and oxygen atoms in total. The van der Waals surface area contributed by atoms with E-state index < -0.39 is 0 Å². The summed E-state index contributed by atoms with van der Waals surface area (Å²) in [5, 5.41) is 4.33. The van der Waals surface area contributed by atoms with E-state index in [1.165, 1.54) is 12.1 Å². The van der Waals surface area contributed by atoms with Crippen molar-refractivity contribution in [1.29, 1.82) is 0 Å². The van der Waals surface area contributed by atoms with Crippen LogP contribution < -0.4 is 5.73 Å². The Morgan fingerprint density at radius 2 is 2.12 bits per heavy atom. The van der Waals surface area contributed by atoms with Crippen LogP contribution in [0.25, 0.3) is 0 Å². The number of aromatic nitrogens is 3. The summed E-state index contributed by atoms with van der Waals surface area (Å²) in [6.07, 6.45) is 1.61. The van der Waals surface area contributed by atoms with Crippen molar-refractivity contribution in [1.82, 2.24) is 19.7 Å². The van der Waals surface area contributed by atoms with E-state index in [-0.39, 0.29) is 29.8 Å². The molecule has 1 aromatic heterocycles. The number of morpholine rings is 1. The molecule has 1 fully saturated rings. The average molecular weight is 446 g/mol. The van der Waals surface area contributed by atoms with E-state index in [1.807, 2.05) is 11.0 Å². The second-order valence-electron chi connectivity index (χ2n) is 5.26. The van der Waals surface area contributed by atoms with Crippen molar-refractivity contribution in [2.24, 2.45) is 10.7 Å². The summed E-state index contributed by atoms with van der Waals surface area (Å²) in [6.45, 7) is 3.60. The van der Waals surface area contributed by atoms with Crippen LogP contribution in [0.2, 0.25) is 0 Å². The van der Waals surface area contributed by atoms with Gasteiger partial charge in [-0.25, -0.2) is 19.0 Å². The molecule has 0 saturated carbocycles. The normalized spacial score (nSPS) is 15.2. The van der Waals surface area contributed by atoms with Gasteiger partial charge in [0.1, 0.15) is 18.7 Å². The first-order valence-electron chi connectivity index (χ1n) is 7.46. The lowest BCUT2D eigenvalue weighted by atomic mass is 10.2. The molecule has 1 aliphatic rings. The molecule has 130 valence electrons. The van der Waals surface area contributed by atoms with Crippen LogP contribution in [0.1, 0.15) is 11.4 Å². The van der Waals surface area contributed by atoms with Crippen molar-refractivity contribution in [3.8, 4) is 0 Å². The molecule has 0 amide bonds. The third-order valence-electron chi connectivity index (χ3n) is 3.54. The number of guanidine groups is 1. The fourth-order valence-electron chi connectivity index (χ4n) is 2.35. The number of hydrogen-bond donors (Lipinski definition) is 1. The summed E-state index contributed by atoms with van der Waals surface area (Å²) in [5.74, 6) is 0.804. The van der Waals surface area contributed by atoms with Gasteiger partial charge >= 0.3 is 0 Å². The van der Waals surface area contributed by atoms with Crippen molar-refractivity contribution in [3.63, 3.8) is 0 Å². The van der Waals surface area contributed by atoms with E-state index >= 15 is 0 Å². The Morgan fingerprint density at radius 3 is 2.88 bits per heavy atom. The third-order valence-corrected chi connectivity index (χ3v) is 3.54. The van der Waals surface area contributed by atoms with Gasteiger partial charge in [-0.15, -0.1) is 24.0 Å². The highest BCUT2D eigenvalue weighted by Gasteiger charge is 2.12. The molecule has 0 radical (unpaired) electrons. The van der Waals surface area contributed by atoms with E-state index in [0.29, 0.717) is 38.1 Å². The molecule has 0 bridgehead atoms. The maximum Gasteiger partial charge on any atom is 0.191 e. The number of halogens is 2. The number of rotatable bonds is 4. The highest BCUT2D eigenvalue weighted by Crippen LogP contribution is 2.05. The van der Waals surface area contributed by atoms with Crippen LogP contribution in [0.3, 0.4) is 0 Å². The van der Waals surface area contributed by atoms with Crippen molar-refractivity contribution in [3.05, 3.63) is 47.8 Å². The van der Waals surface area contributed by atoms with Gasteiger partial charge in [-0.3, -0.25) is 0 Å². The SMILES string of the molecule is I.NC(=NCc1ncn(Cc2cccc(F)c2)n1)N1CCOCC1. The van der Waals surface area contributed by atoms with Crippen LogP contribution in [0.5, 0.6) is 0 Å². The van der Waals surface area contributed by atoms with Gasteiger partial charge in [0.15, 0.2) is 11.8 Å². The fraction of sp³-hybridized carbons (Fsp3) is 0.400. The molecule has 9 heteroatoms. The quantitative estimate of drug-likeness (QED) is 0.434. The predicted molar refractivity (Wildman–Crippen MR) is 98.7 cm³/mol. The van der Waals surface area contributed by atoms with E-state index in [0.717, 1.165) is 18.7 Å². The van der Waals surface area contributed by atoms with Crippen LogP contribution in [0.4, 0.5) is 4.39 Å². The molecular formula is C15H20FIN6O. The highest BCUT2D eigenvalue weighted by molar-refractivity contribution is 14.0. The van der Waals surface area contributed by atoms with Gasteiger partial charge in [-0.05, 0) is 17.7 Å². The summed E-state index contributed by atoms with van der Waals surface area (Å²) in [5.41, 5.74) is 6.79. The molecule has 2 heterocycles. The van der Waals surface area contributed by atoms with Gasteiger partial charge in [-0.1, -0.05) is 12.1 Å². The first-order valence-corrected chi connectivity index (χ1v) is 7.46. The van der Waals surface area contributed by atoms with Gasteiger partial charge in [0.05, 0.1) is 19.8 Å². The Labute approximate surface area is 156 Å². The van der Waals surface area contributed by atoms with Crippen LogP contribution in [-0.4, -0.2) is 51.9 Å². The molecule has 2 N–H and O–H groups in total. The van der Waals surface area contributed by atoms with Crippen LogP contribution in [0.15, 0.2) is 35.6 Å². The molecule has 1 aliphatic heterocycles. The first kappa shape index (κ1) is 18.6. The Bertz CT molecular complexity index is 686. The summed E-state index contributed by atoms with van der Waals surface area (Å²) in [7, 11) is 0. The molecule has 24 heavy (non-hydrogen) atoms. The summed E-state index contributed by atoms with van der Waals surface area (Å²) in [4.78, 5) is 10.5. The van der Waals surface area contributed by atoms with Gasteiger partial charge < -0.3 is 15.4 Å².